The van der Waals surface area contributed by atoms with Gasteiger partial charge in [-0.2, -0.15) is 0 Å². The number of nitrogens with one attached hydrogen (secondary N) is 1. The van der Waals surface area contributed by atoms with Crippen molar-refractivity contribution in [1.29, 1.82) is 0 Å². The second-order valence-electron chi connectivity index (χ2n) is 4.66. The van der Waals surface area contributed by atoms with Crippen LogP contribution in [0.15, 0.2) is 12.2 Å². The third-order valence-corrected chi connectivity index (χ3v) is 2.99. The maximum Gasteiger partial charge on any atom is 0.328 e. The van der Waals surface area contributed by atoms with Crippen molar-refractivity contribution in [2.45, 2.75) is 26.3 Å². The summed E-state index contributed by atoms with van der Waals surface area (Å²) in [4.78, 5) is 23.8. The van der Waals surface area contributed by atoms with Crippen LogP contribution in [0.1, 0.15) is 20.3 Å². The Balaban J connectivity index is 2.24. The summed E-state index contributed by atoms with van der Waals surface area (Å²) in [5.74, 6) is -0.970. The summed E-state index contributed by atoms with van der Waals surface area (Å²) < 4.78 is 0. The van der Waals surface area contributed by atoms with Crippen molar-refractivity contribution in [1.82, 2.24) is 10.2 Å². The van der Waals surface area contributed by atoms with Crippen LogP contribution in [-0.4, -0.2) is 47.6 Å². The molecule has 0 spiro atoms. The van der Waals surface area contributed by atoms with Crippen LogP contribution >= 0.6 is 0 Å². The number of hydrogen-bond donors (Lipinski definition) is 2. The van der Waals surface area contributed by atoms with Gasteiger partial charge in [-0.25, -0.2) is 4.79 Å². The predicted octanol–water partition coefficient (Wildman–Crippen LogP) is 0.474. The van der Waals surface area contributed by atoms with Gasteiger partial charge in [0.2, 0.25) is 5.91 Å². The highest BCUT2D eigenvalue weighted by Gasteiger charge is 2.23. The first kappa shape index (κ1) is 13.7. The van der Waals surface area contributed by atoms with E-state index < -0.39 is 5.97 Å². The van der Waals surface area contributed by atoms with E-state index in [4.69, 9.17) is 5.11 Å². The van der Waals surface area contributed by atoms with E-state index in [9.17, 15) is 9.59 Å². The number of carbonyl (C=O) groups is 2. The van der Waals surface area contributed by atoms with Gasteiger partial charge in [-0.15, -0.1) is 0 Å². The first-order valence-corrected chi connectivity index (χ1v) is 5.92. The molecule has 1 aliphatic rings. The summed E-state index contributed by atoms with van der Waals surface area (Å²) >= 11 is 0. The predicted molar refractivity (Wildman–Crippen MR) is 64.6 cm³/mol. The third-order valence-electron chi connectivity index (χ3n) is 2.99. The van der Waals surface area contributed by atoms with Crippen molar-refractivity contribution in [2.24, 2.45) is 5.92 Å². The van der Waals surface area contributed by atoms with Crippen LogP contribution < -0.4 is 5.32 Å². The molecule has 1 heterocycles. The Morgan fingerprint density at radius 1 is 1.47 bits per heavy atom. The van der Waals surface area contributed by atoms with Crippen LogP contribution in [0, 0.1) is 5.92 Å². The molecule has 1 amide bonds. The lowest BCUT2D eigenvalue weighted by atomic mass is 10.1. The molecule has 0 radical (unpaired) electrons. The molecule has 1 aliphatic heterocycles. The zero-order valence-corrected chi connectivity index (χ0v) is 10.3. The first-order chi connectivity index (χ1) is 7.99. The van der Waals surface area contributed by atoms with Crippen molar-refractivity contribution in [2.75, 3.05) is 19.6 Å². The summed E-state index contributed by atoms with van der Waals surface area (Å²) in [7, 11) is 0. The topological polar surface area (TPSA) is 69.6 Å². The lowest BCUT2D eigenvalue weighted by Crippen LogP contribution is -2.32. The summed E-state index contributed by atoms with van der Waals surface area (Å²) in [5, 5.41) is 11.1. The minimum atomic E-state index is -1.10. The molecule has 5 nitrogen and oxygen atoms in total. The van der Waals surface area contributed by atoms with E-state index in [0.29, 0.717) is 18.5 Å². The van der Waals surface area contributed by atoms with Crippen molar-refractivity contribution in [3.63, 3.8) is 0 Å². The van der Waals surface area contributed by atoms with Gasteiger partial charge in [-0.05, 0) is 32.7 Å². The Kier molecular flexibility index (Phi) is 5.15. The van der Waals surface area contributed by atoms with Crippen LogP contribution in [0.3, 0.4) is 0 Å². The lowest BCUT2D eigenvalue weighted by molar-refractivity contribution is -0.131. The molecule has 2 N–H and O–H groups in total. The highest BCUT2D eigenvalue weighted by atomic mass is 16.4. The van der Waals surface area contributed by atoms with Gasteiger partial charge in [0.25, 0.3) is 0 Å². The van der Waals surface area contributed by atoms with Crippen LogP contribution in [0.5, 0.6) is 0 Å². The normalized spacial score (nSPS) is 21.2. The minimum Gasteiger partial charge on any atom is -0.478 e. The van der Waals surface area contributed by atoms with Gasteiger partial charge in [-0.3, -0.25) is 4.79 Å². The van der Waals surface area contributed by atoms with Gasteiger partial charge in [0, 0.05) is 31.3 Å². The van der Waals surface area contributed by atoms with E-state index in [1.807, 2.05) is 0 Å². The zero-order valence-electron chi connectivity index (χ0n) is 10.3. The fourth-order valence-corrected chi connectivity index (χ4v) is 1.95. The maximum atomic E-state index is 11.2. The number of carbonyl (C=O) groups excluding carboxylic acids is 1. The number of carboxylic acid groups (broad SMARTS) is 1. The van der Waals surface area contributed by atoms with Crippen LogP contribution in [0.4, 0.5) is 0 Å². The molecule has 96 valence electrons. The molecule has 0 saturated carbocycles. The number of aliphatic carboxylic acids is 1. The Morgan fingerprint density at radius 3 is 2.71 bits per heavy atom. The quantitative estimate of drug-likeness (QED) is 0.686. The molecule has 1 fully saturated rings. The van der Waals surface area contributed by atoms with E-state index in [2.05, 4.69) is 24.1 Å². The first-order valence-electron chi connectivity index (χ1n) is 5.92. The molecule has 0 aliphatic carbocycles. The largest absolute Gasteiger partial charge is 0.478 e. The van der Waals surface area contributed by atoms with Crippen molar-refractivity contribution in [3.8, 4) is 0 Å². The standard InChI is InChI=1S/C12H20N2O3/c1-9(2)14-6-5-10(8-14)7-13-11(15)3-4-12(16)17/h3-4,9-10H,5-8H2,1-2H3,(H,13,15)(H,16,17)/b4-3+. The van der Waals surface area contributed by atoms with Gasteiger partial charge in [0.05, 0.1) is 0 Å². The molecule has 0 aromatic heterocycles. The van der Waals surface area contributed by atoms with Crippen LogP contribution in [0.2, 0.25) is 0 Å². The van der Waals surface area contributed by atoms with E-state index in [0.717, 1.165) is 31.7 Å². The van der Waals surface area contributed by atoms with E-state index in [1.54, 1.807) is 0 Å². The van der Waals surface area contributed by atoms with E-state index in [1.165, 1.54) is 0 Å². The van der Waals surface area contributed by atoms with Gasteiger partial charge in [0.1, 0.15) is 0 Å². The fourth-order valence-electron chi connectivity index (χ4n) is 1.95. The summed E-state index contributed by atoms with van der Waals surface area (Å²) in [6.45, 7) is 7.02. The number of likely N-dealkylation sites (tertiary alicyclic amines) is 1. The van der Waals surface area contributed by atoms with Crippen LogP contribution in [-0.2, 0) is 9.59 Å². The van der Waals surface area contributed by atoms with Gasteiger partial charge >= 0.3 is 5.97 Å². The number of rotatable bonds is 5. The second-order valence-corrected chi connectivity index (χ2v) is 4.66. The SMILES string of the molecule is CC(C)N1CCC(CNC(=O)/C=C/C(=O)O)C1. The fraction of sp³-hybridized carbons (Fsp3) is 0.667. The highest BCUT2D eigenvalue weighted by Crippen LogP contribution is 2.17. The van der Waals surface area contributed by atoms with Crippen molar-refractivity contribution in [3.05, 3.63) is 12.2 Å². The summed E-state index contributed by atoms with van der Waals surface area (Å²) in [6.07, 6.45) is 2.99. The molecule has 1 saturated heterocycles. The Bertz CT molecular complexity index is 313. The monoisotopic (exact) mass is 240 g/mol. The molecule has 0 aromatic rings. The zero-order chi connectivity index (χ0) is 12.8. The maximum absolute atomic E-state index is 11.2. The molecule has 0 bridgehead atoms. The summed E-state index contributed by atoms with van der Waals surface area (Å²) in [5.41, 5.74) is 0. The second kappa shape index (κ2) is 6.39. The molecule has 1 atom stereocenters. The Labute approximate surface area is 101 Å². The van der Waals surface area contributed by atoms with Crippen LogP contribution in [0.25, 0.3) is 0 Å². The van der Waals surface area contributed by atoms with Crippen molar-refractivity contribution >= 4 is 11.9 Å². The Morgan fingerprint density at radius 2 is 2.18 bits per heavy atom. The number of carboxylic acids is 1. The molecule has 1 unspecified atom stereocenters. The number of hydrogen-bond acceptors (Lipinski definition) is 3. The molecule has 5 heteroatoms. The van der Waals surface area contributed by atoms with E-state index >= 15 is 0 Å². The summed E-state index contributed by atoms with van der Waals surface area (Å²) in [6, 6.07) is 0.544. The Hall–Kier alpha value is -1.36. The minimum absolute atomic E-state index is 0.338. The number of amides is 1. The molecular formula is C12H20N2O3. The smallest absolute Gasteiger partial charge is 0.328 e. The van der Waals surface area contributed by atoms with Crippen molar-refractivity contribution < 1.29 is 14.7 Å². The average Bonchev–Trinajstić information content (AvgIpc) is 2.72. The average molecular weight is 240 g/mol. The van der Waals surface area contributed by atoms with E-state index in [-0.39, 0.29) is 5.91 Å². The van der Waals surface area contributed by atoms with Gasteiger partial charge in [-0.1, -0.05) is 0 Å². The number of nitrogens with zero attached hydrogens (tertiary/aromatic N) is 1. The molecule has 17 heavy (non-hydrogen) atoms. The van der Waals surface area contributed by atoms with Gasteiger partial charge < -0.3 is 15.3 Å². The van der Waals surface area contributed by atoms with Gasteiger partial charge in [0.15, 0.2) is 0 Å². The highest BCUT2D eigenvalue weighted by molar-refractivity contribution is 5.93. The third kappa shape index (κ3) is 4.99. The molecule has 1 rings (SSSR count). The molecule has 0 aromatic carbocycles. The molecular weight excluding hydrogens is 220 g/mol. The lowest BCUT2D eigenvalue weighted by Gasteiger charge is -2.20.